The number of hydrogen-bond donors (Lipinski definition) is 1. The van der Waals surface area contributed by atoms with Crippen molar-refractivity contribution in [2.24, 2.45) is 0 Å². The van der Waals surface area contributed by atoms with Gasteiger partial charge < -0.3 is 9.73 Å². The van der Waals surface area contributed by atoms with Gasteiger partial charge in [0, 0.05) is 19.2 Å². The molecule has 4 heteroatoms. The predicted octanol–water partition coefficient (Wildman–Crippen LogP) is 4.21. The second-order valence-corrected chi connectivity index (χ2v) is 6.22. The number of amides is 1. The lowest BCUT2D eigenvalue weighted by Gasteiger charge is -2.07. The van der Waals surface area contributed by atoms with Gasteiger partial charge in [0.1, 0.15) is 5.69 Å². The SMILES string of the molecule is Cc1ccc(CCC(=O)NCc2ccc(-c3ccco3)nc2)cc1C. The van der Waals surface area contributed by atoms with Gasteiger partial charge in [0.25, 0.3) is 0 Å². The van der Waals surface area contributed by atoms with E-state index in [0.29, 0.717) is 13.0 Å². The summed E-state index contributed by atoms with van der Waals surface area (Å²) in [6.07, 6.45) is 4.63. The minimum Gasteiger partial charge on any atom is -0.463 e. The molecule has 4 nitrogen and oxygen atoms in total. The zero-order valence-corrected chi connectivity index (χ0v) is 14.6. The molecule has 3 aromatic rings. The lowest BCUT2D eigenvalue weighted by molar-refractivity contribution is -0.121. The lowest BCUT2D eigenvalue weighted by atomic mass is 10.0. The van der Waals surface area contributed by atoms with Crippen LogP contribution in [0.2, 0.25) is 0 Å². The smallest absolute Gasteiger partial charge is 0.220 e. The van der Waals surface area contributed by atoms with Gasteiger partial charge in [-0.05, 0) is 60.7 Å². The number of benzene rings is 1. The van der Waals surface area contributed by atoms with E-state index in [4.69, 9.17) is 4.42 Å². The molecule has 1 N–H and O–H groups in total. The monoisotopic (exact) mass is 334 g/mol. The summed E-state index contributed by atoms with van der Waals surface area (Å²) in [5, 5.41) is 2.95. The van der Waals surface area contributed by atoms with Gasteiger partial charge in [0.2, 0.25) is 5.91 Å². The van der Waals surface area contributed by atoms with Crippen LogP contribution in [-0.4, -0.2) is 10.9 Å². The summed E-state index contributed by atoms with van der Waals surface area (Å²) < 4.78 is 5.32. The van der Waals surface area contributed by atoms with E-state index in [9.17, 15) is 4.79 Å². The third-order valence-corrected chi connectivity index (χ3v) is 4.30. The number of hydrogen-bond acceptors (Lipinski definition) is 3. The predicted molar refractivity (Wildman–Crippen MR) is 98.0 cm³/mol. The van der Waals surface area contributed by atoms with Gasteiger partial charge in [-0.1, -0.05) is 24.3 Å². The van der Waals surface area contributed by atoms with Crippen molar-refractivity contribution in [3.05, 3.63) is 77.2 Å². The van der Waals surface area contributed by atoms with Crippen molar-refractivity contribution in [3.8, 4) is 11.5 Å². The van der Waals surface area contributed by atoms with Gasteiger partial charge in [0.15, 0.2) is 5.76 Å². The summed E-state index contributed by atoms with van der Waals surface area (Å²) in [6.45, 7) is 4.67. The van der Waals surface area contributed by atoms with Gasteiger partial charge >= 0.3 is 0 Å². The summed E-state index contributed by atoms with van der Waals surface area (Å²) in [5.41, 5.74) is 5.49. The number of nitrogens with one attached hydrogen (secondary N) is 1. The van der Waals surface area contributed by atoms with E-state index >= 15 is 0 Å². The molecule has 0 saturated carbocycles. The largest absolute Gasteiger partial charge is 0.463 e. The number of furan rings is 1. The van der Waals surface area contributed by atoms with E-state index in [-0.39, 0.29) is 5.91 Å². The molecule has 3 rings (SSSR count). The number of aryl methyl sites for hydroxylation is 3. The normalized spacial score (nSPS) is 10.6. The average molecular weight is 334 g/mol. The Morgan fingerprint density at radius 3 is 2.60 bits per heavy atom. The summed E-state index contributed by atoms with van der Waals surface area (Å²) in [6, 6.07) is 13.9. The summed E-state index contributed by atoms with van der Waals surface area (Å²) in [5.74, 6) is 0.789. The highest BCUT2D eigenvalue weighted by Gasteiger charge is 2.05. The Balaban J connectivity index is 1.48. The fourth-order valence-corrected chi connectivity index (χ4v) is 2.61. The molecule has 0 aliphatic heterocycles. The molecular formula is C21H22N2O2. The van der Waals surface area contributed by atoms with Gasteiger partial charge in [0.05, 0.1) is 6.26 Å². The Kier molecular flexibility index (Phi) is 5.29. The number of rotatable bonds is 6. The molecule has 0 saturated heterocycles. The number of nitrogens with zero attached hydrogens (tertiary/aromatic N) is 1. The van der Waals surface area contributed by atoms with E-state index < -0.39 is 0 Å². The standard InChI is InChI=1S/C21H22N2O2/c1-15-5-6-17(12-16(15)2)8-10-21(24)23-14-18-7-9-19(22-13-18)20-4-3-11-25-20/h3-7,9,11-13H,8,10,14H2,1-2H3,(H,23,24). The molecule has 1 aromatic carbocycles. The number of aromatic nitrogens is 1. The summed E-state index contributed by atoms with van der Waals surface area (Å²) in [4.78, 5) is 16.4. The fourth-order valence-electron chi connectivity index (χ4n) is 2.61. The number of carbonyl (C=O) groups excluding carboxylic acids is 1. The van der Waals surface area contributed by atoms with Crippen molar-refractivity contribution in [2.75, 3.05) is 0 Å². The molecule has 25 heavy (non-hydrogen) atoms. The zero-order chi connectivity index (χ0) is 17.6. The van der Waals surface area contributed by atoms with Crippen LogP contribution in [-0.2, 0) is 17.8 Å². The first-order valence-electron chi connectivity index (χ1n) is 8.43. The third-order valence-electron chi connectivity index (χ3n) is 4.30. The Morgan fingerprint density at radius 1 is 1.08 bits per heavy atom. The van der Waals surface area contributed by atoms with Crippen molar-refractivity contribution in [3.63, 3.8) is 0 Å². The Labute approximate surface area is 147 Å². The zero-order valence-electron chi connectivity index (χ0n) is 14.6. The van der Waals surface area contributed by atoms with Crippen molar-refractivity contribution >= 4 is 5.91 Å². The maximum absolute atomic E-state index is 12.0. The van der Waals surface area contributed by atoms with Gasteiger partial charge in [-0.25, -0.2) is 0 Å². The highest BCUT2D eigenvalue weighted by Crippen LogP contribution is 2.17. The Bertz CT molecular complexity index is 837. The van der Waals surface area contributed by atoms with Crippen LogP contribution in [0.1, 0.15) is 28.7 Å². The topological polar surface area (TPSA) is 55.1 Å². The van der Waals surface area contributed by atoms with Crippen LogP contribution in [0.25, 0.3) is 11.5 Å². The van der Waals surface area contributed by atoms with Gasteiger partial charge in [-0.15, -0.1) is 0 Å². The quantitative estimate of drug-likeness (QED) is 0.735. The van der Waals surface area contributed by atoms with Crippen molar-refractivity contribution in [1.29, 1.82) is 0 Å². The van der Waals surface area contributed by atoms with Crippen molar-refractivity contribution in [2.45, 2.75) is 33.2 Å². The fraction of sp³-hybridized carbons (Fsp3) is 0.238. The molecule has 0 spiro atoms. The Morgan fingerprint density at radius 2 is 1.92 bits per heavy atom. The van der Waals surface area contributed by atoms with E-state index in [1.54, 1.807) is 12.5 Å². The Hall–Kier alpha value is -2.88. The molecule has 128 valence electrons. The molecular weight excluding hydrogens is 312 g/mol. The lowest BCUT2D eigenvalue weighted by Crippen LogP contribution is -2.23. The van der Waals surface area contributed by atoms with E-state index in [1.165, 1.54) is 16.7 Å². The molecule has 1 amide bonds. The van der Waals surface area contributed by atoms with Crippen LogP contribution in [0.4, 0.5) is 0 Å². The van der Waals surface area contributed by atoms with E-state index in [0.717, 1.165) is 23.4 Å². The first-order valence-corrected chi connectivity index (χ1v) is 8.43. The molecule has 0 bridgehead atoms. The molecule has 0 aliphatic carbocycles. The molecule has 2 aromatic heterocycles. The highest BCUT2D eigenvalue weighted by molar-refractivity contribution is 5.76. The second-order valence-electron chi connectivity index (χ2n) is 6.22. The van der Waals surface area contributed by atoms with E-state index in [1.807, 2.05) is 24.3 Å². The van der Waals surface area contributed by atoms with Crippen molar-refractivity contribution in [1.82, 2.24) is 10.3 Å². The minimum atomic E-state index is 0.0494. The van der Waals surface area contributed by atoms with Crippen LogP contribution in [0.15, 0.2) is 59.3 Å². The van der Waals surface area contributed by atoms with Crippen LogP contribution >= 0.6 is 0 Å². The van der Waals surface area contributed by atoms with Crippen LogP contribution < -0.4 is 5.32 Å². The summed E-state index contributed by atoms with van der Waals surface area (Å²) >= 11 is 0. The third kappa shape index (κ3) is 4.57. The number of pyridine rings is 1. The average Bonchev–Trinajstić information content (AvgIpc) is 3.16. The van der Waals surface area contributed by atoms with E-state index in [2.05, 4.69) is 42.3 Å². The first-order chi connectivity index (χ1) is 12.1. The molecule has 0 unspecified atom stereocenters. The maximum Gasteiger partial charge on any atom is 0.220 e. The molecule has 0 aliphatic rings. The molecule has 2 heterocycles. The second kappa shape index (κ2) is 7.79. The van der Waals surface area contributed by atoms with Crippen LogP contribution in [0.3, 0.4) is 0 Å². The summed E-state index contributed by atoms with van der Waals surface area (Å²) in [7, 11) is 0. The first kappa shape index (κ1) is 17.0. The van der Waals surface area contributed by atoms with Gasteiger partial charge in [-0.2, -0.15) is 0 Å². The van der Waals surface area contributed by atoms with Gasteiger partial charge in [-0.3, -0.25) is 9.78 Å². The minimum absolute atomic E-state index is 0.0494. The van der Waals surface area contributed by atoms with Crippen LogP contribution in [0, 0.1) is 13.8 Å². The molecule has 0 fully saturated rings. The van der Waals surface area contributed by atoms with Crippen molar-refractivity contribution < 1.29 is 9.21 Å². The number of carbonyl (C=O) groups is 1. The van der Waals surface area contributed by atoms with Crippen LogP contribution in [0.5, 0.6) is 0 Å². The molecule has 0 radical (unpaired) electrons. The maximum atomic E-state index is 12.0. The molecule has 0 atom stereocenters. The highest BCUT2D eigenvalue weighted by atomic mass is 16.3.